The second-order valence-electron chi connectivity index (χ2n) is 7.15. The van der Waals surface area contributed by atoms with Crippen LogP contribution in [-0.4, -0.2) is 13.3 Å². The summed E-state index contributed by atoms with van der Waals surface area (Å²) in [7, 11) is 0. The van der Waals surface area contributed by atoms with Gasteiger partial charge < -0.3 is 22.9 Å². The molecule has 0 fully saturated rings. The molecule has 0 rings (SSSR count). The van der Waals surface area contributed by atoms with Gasteiger partial charge in [0.25, 0.3) is 0 Å². The van der Waals surface area contributed by atoms with E-state index >= 15 is 0 Å². The minimum absolute atomic E-state index is 0. The van der Waals surface area contributed by atoms with Crippen LogP contribution in [0.4, 0.5) is 0 Å². The highest BCUT2D eigenvalue weighted by molar-refractivity contribution is 5.01. The first kappa shape index (κ1) is 27.2. The molecule has 2 nitrogen and oxygen atoms in total. The molecular formula is C22H46ClNO. The number of halogens is 1. The fraction of sp³-hybridized carbons (Fsp3) is 0.909. The van der Waals surface area contributed by atoms with Gasteiger partial charge in [0.15, 0.2) is 6.73 Å². The van der Waals surface area contributed by atoms with Crippen molar-refractivity contribution in [2.24, 2.45) is 0 Å². The summed E-state index contributed by atoms with van der Waals surface area (Å²) in [4.78, 5) is 0. The molecule has 0 radical (unpaired) electrons. The van der Waals surface area contributed by atoms with Gasteiger partial charge >= 0.3 is 0 Å². The first-order valence-electron chi connectivity index (χ1n) is 10.9. The molecule has 0 unspecified atom stereocenters. The Balaban J connectivity index is 0. The molecular weight excluding hydrogens is 330 g/mol. The number of quaternary nitrogens is 1. The molecule has 0 aliphatic carbocycles. The highest BCUT2D eigenvalue weighted by Gasteiger charge is 1.97. The number of hydrogen-bond acceptors (Lipinski definition) is 1. The quantitative estimate of drug-likeness (QED) is 0.209. The van der Waals surface area contributed by atoms with Crippen molar-refractivity contribution < 1.29 is 22.9 Å². The van der Waals surface area contributed by atoms with Crippen LogP contribution in [-0.2, 0) is 4.74 Å². The summed E-state index contributed by atoms with van der Waals surface area (Å²) in [6.45, 7) is 6.12. The van der Waals surface area contributed by atoms with Crippen LogP contribution < -0.4 is 18.1 Å². The summed E-state index contributed by atoms with van der Waals surface area (Å²) in [5, 5.41) is 0. The molecule has 152 valence electrons. The van der Waals surface area contributed by atoms with Crippen LogP contribution in [0.1, 0.15) is 117 Å². The maximum absolute atomic E-state index is 5.26. The van der Waals surface area contributed by atoms with E-state index in [1.165, 1.54) is 103 Å². The van der Waals surface area contributed by atoms with Gasteiger partial charge in [-0.15, -0.1) is 0 Å². The first-order valence-corrected chi connectivity index (χ1v) is 10.9. The van der Waals surface area contributed by atoms with Gasteiger partial charge in [-0.2, -0.15) is 0 Å². The van der Waals surface area contributed by atoms with Crippen LogP contribution in [0.3, 0.4) is 0 Å². The fourth-order valence-corrected chi connectivity index (χ4v) is 3.13. The molecule has 0 aliphatic rings. The van der Waals surface area contributed by atoms with E-state index in [9.17, 15) is 0 Å². The number of unbranched alkanes of at least 4 members (excludes halogenated alkanes) is 11. The SMILES string of the molecule is CCCCC(=CCCCCCCCCCCCOC[NH3+])CCCC.[Cl-]. The van der Waals surface area contributed by atoms with E-state index in [-0.39, 0.29) is 12.4 Å². The Bertz CT molecular complexity index is 259. The number of allylic oxidation sites excluding steroid dienone is 2. The number of rotatable bonds is 19. The molecule has 3 heteroatoms. The molecule has 3 N–H and O–H groups in total. The first-order chi connectivity index (χ1) is 11.8. The Morgan fingerprint density at radius 2 is 1.20 bits per heavy atom. The fourth-order valence-electron chi connectivity index (χ4n) is 3.13. The van der Waals surface area contributed by atoms with E-state index in [1.807, 2.05) is 0 Å². The number of hydrogen-bond donors (Lipinski definition) is 1. The Hall–Kier alpha value is -0.0500. The van der Waals surface area contributed by atoms with Crippen molar-refractivity contribution >= 4 is 0 Å². The van der Waals surface area contributed by atoms with Gasteiger partial charge in [0.05, 0.1) is 6.61 Å². The lowest BCUT2D eigenvalue weighted by molar-refractivity contribution is -0.431. The van der Waals surface area contributed by atoms with Gasteiger partial charge in [-0.25, -0.2) is 0 Å². The zero-order valence-electron chi connectivity index (χ0n) is 17.3. The standard InChI is InChI=1S/C22H45NO.ClH/c1-3-5-17-22(18-6-4-2)19-15-13-11-9-7-8-10-12-14-16-20-24-21-23;/h19H,3-18,20-21,23H2,1-2H3;1H. The smallest absolute Gasteiger partial charge is 0.178 e. The van der Waals surface area contributed by atoms with E-state index < -0.39 is 0 Å². The van der Waals surface area contributed by atoms with Gasteiger partial charge in [-0.3, -0.25) is 0 Å². The third-order valence-electron chi connectivity index (χ3n) is 4.77. The summed E-state index contributed by atoms with van der Waals surface area (Å²) in [5.74, 6) is 0. The topological polar surface area (TPSA) is 36.9 Å². The van der Waals surface area contributed by atoms with Crippen molar-refractivity contribution in [3.05, 3.63) is 11.6 Å². The lowest BCUT2D eigenvalue weighted by atomic mass is 10.00. The van der Waals surface area contributed by atoms with Crippen molar-refractivity contribution in [2.45, 2.75) is 117 Å². The van der Waals surface area contributed by atoms with Crippen molar-refractivity contribution in [1.29, 1.82) is 0 Å². The van der Waals surface area contributed by atoms with E-state index in [4.69, 9.17) is 4.74 Å². The molecule has 0 bridgehead atoms. The highest BCUT2D eigenvalue weighted by Crippen LogP contribution is 2.17. The van der Waals surface area contributed by atoms with Gasteiger partial charge in [0, 0.05) is 0 Å². The minimum atomic E-state index is 0. The van der Waals surface area contributed by atoms with Crippen LogP contribution in [0.15, 0.2) is 11.6 Å². The average Bonchev–Trinajstić information content (AvgIpc) is 2.60. The predicted molar refractivity (Wildman–Crippen MR) is 107 cm³/mol. The van der Waals surface area contributed by atoms with Crippen LogP contribution in [0.25, 0.3) is 0 Å². The predicted octanol–water partition coefficient (Wildman–Crippen LogP) is 3.41. The maximum Gasteiger partial charge on any atom is 0.178 e. The molecule has 0 atom stereocenters. The second-order valence-corrected chi connectivity index (χ2v) is 7.15. The summed E-state index contributed by atoms with van der Waals surface area (Å²) in [5.41, 5.74) is 5.42. The lowest BCUT2D eigenvalue weighted by Crippen LogP contribution is -3.00. The van der Waals surface area contributed by atoms with Crippen LogP contribution in [0, 0.1) is 0 Å². The maximum atomic E-state index is 5.26. The van der Waals surface area contributed by atoms with Crippen molar-refractivity contribution in [3.8, 4) is 0 Å². The molecule has 0 aliphatic heterocycles. The third-order valence-corrected chi connectivity index (χ3v) is 4.77. The summed E-state index contributed by atoms with van der Waals surface area (Å²) < 4.78 is 5.26. The zero-order chi connectivity index (χ0) is 17.7. The summed E-state index contributed by atoms with van der Waals surface area (Å²) in [6.07, 6.45) is 24.4. The second kappa shape index (κ2) is 23.9. The Morgan fingerprint density at radius 1 is 0.720 bits per heavy atom. The van der Waals surface area contributed by atoms with Gasteiger partial charge in [-0.1, -0.05) is 83.3 Å². The molecule has 0 heterocycles. The van der Waals surface area contributed by atoms with E-state index in [1.54, 1.807) is 5.57 Å². The monoisotopic (exact) mass is 375 g/mol. The highest BCUT2D eigenvalue weighted by atomic mass is 35.5. The van der Waals surface area contributed by atoms with Crippen LogP contribution in [0.5, 0.6) is 0 Å². The van der Waals surface area contributed by atoms with E-state index in [2.05, 4.69) is 25.7 Å². The molecule has 0 amide bonds. The Kier molecular flexibility index (Phi) is 26.0. The normalized spacial score (nSPS) is 10.5. The van der Waals surface area contributed by atoms with Gasteiger partial charge in [0.2, 0.25) is 0 Å². The molecule has 0 aromatic carbocycles. The summed E-state index contributed by atoms with van der Waals surface area (Å²) in [6, 6.07) is 0. The molecule has 0 spiro atoms. The average molecular weight is 376 g/mol. The molecule has 0 aromatic heterocycles. The lowest BCUT2D eigenvalue weighted by Gasteiger charge is -2.07. The Labute approximate surface area is 164 Å². The van der Waals surface area contributed by atoms with Gasteiger partial charge in [0.1, 0.15) is 0 Å². The van der Waals surface area contributed by atoms with Crippen molar-refractivity contribution in [3.63, 3.8) is 0 Å². The van der Waals surface area contributed by atoms with Crippen molar-refractivity contribution in [1.82, 2.24) is 0 Å². The van der Waals surface area contributed by atoms with E-state index in [0.717, 1.165) is 6.61 Å². The molecule has 0 aromatic rings. The third kappa shape index (κ3) is 21.9. The van der Waals surface area contributed by atoms with E-state index in [0.29, 0.717) is 6.73 Å². The van der Waals surface area contributed by atoms with Gasteiger partial charge in [-0.05, 0) is 44.9 Å². The molecule has 0 saturated carbocycles. The summed E-state index contributed by atoms with van der Waals surface area (Å²) >= 11 is 0. The number of ether oxygens (including phenoxy) is 1. The van der Waals surface area contributed by atoms with Crippen molar-refractivity contribution in [2.75, 3.05) is 13.3 Å². The Morgan fingerprint density at radius 3 is 1.68 bits per heavy atom. The van der Waals surface area contributed by atoms with Crippen LogP contribution >= 0.6 is 0 Å². The minimum Gasteiger partial charge on any atom is -1.00 e. The largest absolute Gasteiger partial charge is 1.00 e. The molecule has 0 saturated heterocycles. The van der Waals surface area contributed by atoms with Crippen LogP contribution in [0.2, 0.25) is 0 Å². The molecule has 25 heavy (non-hydrogen) atoms. The zero-order valence-corrected chi connectivity index (χ0v) is 18.1.